The van der Waals surface area contributed by atoms with Crippen molar-refractivity contribution >= 4 is 23.6 Å². The molecule has 2 amide bonds. The van der Waals surface area contributed by atoms with Crippen molar-refractivity contribution in [3.8, 4) is 0 Å². The van der Waals surface area contributed by atoms with Gasteiger partial charge in [0, 0.05) is 30.8 Å². The average molecular weight is 497 g/mol. The fraction of sp³-hybridized carbons (Fsp3) is 0.286. The van der Waals surface area contributed by atoms with Gasteiger partial charge in [-0.05, 0) is 29.7 Å². The highest BCUT2D eigenvalue weighted by Crippen LogP contribution is 2.20. The molecule has 1 N–H and O–H groups in total. The number of hydrogen-bond acceptors (Lipinski definition) is 3. The SMILES string of the molecule is CCCNC(=O)[C@@H](Cc1ccccc1)N(Cc1ccccc1F)C(=O)CSCc1ccccc1F. The van der Waals surface area contributed by atoms with Crippen LogP contribution in [0.5, 0.6) is 0 Å². The molecule has 0 saturated carbocycles. The van der Waals surface area contributed by atoms with E-state index in [2.05, 4.69) is 5.32 Å². The van der Waals surface area contributed by atoms with Gasteiger partial charge in [-0.3, -0.25) is 9.59 Å². The molecule has 3 rings (SSSR count). The summed E-state index contributed by atoms with van der Waals surface area (Å²) in [6.45, 7) is 2.39. The number of nitrogens with one attached hydrogen (secondary N) is 1. The zero-order chi connectivity index (χ0) is 25.0. The number of carbonyl (C=O) groups excluding carboxylic acids is 2. The molecule has 3 aromatic rings. The fourth-order valence-corrected chi connectivity index (χ4v) is 4.57. The van der Waals surface area contributed by atoms with E-state index in [1.165, 1.54) is 28.8 Å². The molecule has 0 aromatic heterocycles. The Morgan fingerprint density at radius 3 is 2.11 bits per heavy atom. The lowest BCUT2D eigenvalue weighted by Crippen LogP contribution is -2.51. The molecule has 0 aliphatic heterocycles. The minimum atomic E-state index is -0.815. The first-order chi connectivity index (χ1) is 17.0. The predicted molar refractivity (Wildman–Crippen MR) is 137 cm³/mol. The molecule has 1 atom stereocenters. The number of halogens is 2. The largest absolute Gasteiger partial charge is 0.354 e. The van der Waals surface area contributed by atoms with E-state index >= 15 is 0 Å². The van der Waals surface area contributed by atoms with Crippen LogP contribution in [-0.2, 0) is 28.3 Å². The molecule has 7 heteroatoms. The van der Waals surface area contributed by atoms with Crippen LogP contribution in [0.3, 0.4) is 0 Å². The summed E-state index contributed by atoms with van der Waals surface area (Å²) in [6.07, 6.45) is 1.05. The molecule has 35 heavy (non-hydrogen) atoms. The molecule has 0 unspecified atom stereocenters. The van der Waals surface area contributed by atoms with Crippen molar-refractivity contribution in [1.29, 1.82) is 0 Å². The summed E-state index contributed by atoms with van der Waals surface area (Å²) in [5.74, 6) is -0.984. The van der Waals surface area contributed by atoms with Crippen molar-refractivity contribution in [2.24, 2.45) is 0 Å². The third-order valence-electron chi connectivity index (χ3n) is 5.56. The maximum absolute atomic E-state index is 14.5. The van der Waals surface area contributed by atoms with Crippen molar-refractivity contribution in [2.45, 2.75) is 38.1 Å². The minimum absolute atomic E-state index is 0.0368. The van der Waals surface area contributed by atoms with Crippen LogP contribution >= 0.6 is 11.8 Å². The summed E-state index contributed by atoms with van der Waals surface area (Å²) in [5.41, 5.74) is 1.74. The quantitative estimate of drug-likeness (QED) is 0.367. The van der Waals surface area contributed by atoms with Crippen molar-refractivity contribution in [3.63, 3.8) is 0 Å². The second kappa shape index (κ2) is 13.6. The second-order valence-corrected chi connectivity index (χ2v) is 9.18. The van der Waals surface area contributed by atoms with Crippen molar-refractivity contribution in [3.05, 3.63) is 107 Å². The van der Waals surface area contributed by atoms with E-state index in [0.717, 1.165) is 12.0 Å². The molecule has 4 nitrogen and oxygen atoms in total. The first-order valence-corrected chi connectivity index (χ1v) is 12.8. The Labute approximate surface area is 209 Å². The third-order valence-corrected chi connectivity index (χ3v) is 6.53. The standard InChI is InChI=1S/C28H30F2N2O2S/c1-2-16-31-28(34)26(17-21-10-4-3-5-11-21)32(18-22-12-6-8-14-24(22)29)27(33)20-35-19-23-13-7-9-15-25(23)30/h3-15,26H,2,16-20H2,1H3,(H,31,34)/t26-/m1/s1. The van der Waals surface area contributed by atoms with E-state index in [-0.39, 0.29) is 29.9 Å². The maximum Gasteiger partial charge on any atom is 0.243 e. The van der Waals surface area contributed by atoms with Gasteiger partial charge in [0.15, 0.2) is 0 Å². The van der Waals surface area contributed by atoms with Gasteiger partial charge >= 0.3 is 0 Å². The zero-order valence-electron chi connectivity index (χ0n) is 19.8. The van der Waals surface area contributed by atoms with E-state index < -0.39 is 11.9 Å². The van der Waals surface area contributed by atoms with Crippen molar-refractivity contribution < 1.29 is 18.4 Å². The Bertz CT molecular complexity index is 1110. The molecule has 0 saturated heterocycles. The Morgan fingerprint density at radius 1 is 0.886 bits per heavy atom. The Balaban J connectivity index is 1.85. The summed E-state index contributed by atoms with van der Waals surface area (Å²) < 4.78 is 28.5. The monoisotopic (exact) mass is 496 g/mol. The molecule has 0 bridgehead atoms. The number of thioether (sulfide) groups is 1. The second-order valence-electron chi connectivity index (χ2n) is 8.19. The Kier molecular flexibility index (Phi) is 10.3. The fourth-order valence-electron chi connectivity index (χ4n) is 3.68. The topological polar surface area (TPSA) is 49.4 Å². The lowest BCUT2D eigenvalue weighted by atomic mass is 10.0. The van der Waals surface area contributed by atoms with Gasteiger partial charge < -0.3 is 10.2 Å². The number of benzene rings is 3. The van der Waals surface area contributed by atoms with E-state index in [9.17, 15) is 18.4 Å². The van der Waals surface area contributed by atoms with Gasteiger partial charge in [0.05, 0.1) is 5.75 Å². The Morgan fingerprint density at radius 2 is 1.49 bits per heavy atom. The summed E-state index contributed by atoms with van der Waals surface area (Å²) in [7, 11) is 0. The molecule has 0 radical (unpaired) electrons. The van der Waals surface area contributed by atoms with Gasteiger partial charge in [0.1, 0.15) is 17.7 Å². The van der Waals surface area contributed by atoms with Crippen LogP contribution in [-0.4, -0.2) is 35.1 Å². The van der Waals surface area contributed by atoms with Crippen LogP contribution < -0.4 is 5.32 Å². The van der Waals surface area contributed by atoms with Crippen molar-refractivity contribution in [2.75, 3.05) is 12.3 Å². The first kappa shape index (κ1) is 26.4. The first-order valence-electron chi connectivity index (χ1n) is 11.6. The molecule has 0 aliphatic rings. The van der Waals surface area contributed by atoms with Gasteiger partial charge in [-0.1, -0.05) is 73.7 Å². The van der Waals surface area contributed by atoms with Gasteiger partial charge in [0.25, 0.3) is 0 Å². The van der Waals surface area contributed by atoms with Crippen LogP contribution in [0, 0.1) is 11.6 Å². The van der Waals surface area contributed by atoms with Crippen LogP contribution in [0.4, 0.5) is 8.78 Å². The molecular weight excluding hydrogens is 466 g/mol. The van der Waals surface area contributed by atoms with Crippen LogP contribution in [0.2, 0.25) is 0 Å². The van der Waals surface area contributed by atoms with Gasteiger partial charge in [-0.25, -0.2) is 8.78 Å². The normalized spacial score (nSPS) is 11.6. The average Bonchev–Trinajstić information content (AvgIpc) is 2.87. The molecule has 0 aliphatic carbocycles. The molecule has 3 aromatic carbocycles. The van der Waals surface area contributed by atoms with Crippen molar-refractivity contribution in [1.82, 2.24) is 10.2 Å². The summed E-state index contributed by atoms with van der Waals surface area (Å²) in [4.78, 5) is 28.1. The smallest absolute Gasteiger partial charge is 0.243 e. The number of rotatable bonds is 12. The lowest BCUT2D eigenvalue weighted by Gasteiger charge is -2.31. The van der Waals surface area contributed by atoms with Crippen LogP contribution in [0.25, 0.3) is 0 Å². The molecule has 0 heterocycles. The maximum atomic E-state index is 14.5. The number of hydrogen-bond donors (Lipinski definition) is 1. The number of amides is 2. The summed E-state index contributed by atoms with van der Waals surface area (Å²) in [6, 6.07) is 21.3. The summed E-state index contributed by atoms with van der Waals surface area (Å²) >= 11 is 1.27. The minimum Gasteiger partial charge on any atom is -0.354 e. The number of carbonyl (C=O) groups is 2. The highest BCUT2D eigenvalue weighted by Gasteiger charge is 2.30. The van der Waals surface area contributed by atoms with E-state index in [4.69, 9.17) is 0 Å². The van der Waals surface area contributed by atoms with E-state index in [1.54, 1.807) is 36.4 Å². The van der Waals surface area contributed by atoms with Gasteiger partial charge in [-0.2, -0.15) is 0 Å². The zero-order valence-corrected chi connectivity index (χ0v) is 20.6. The predicted octanol–water partition coefficient (Wildman–Crippen LogP) is 5.36. The molecule has 184 valence electrons. The third kappa shape index (κ3) is 7.92. The highest BCUT2D eigenvalue weighted by atomic mass is 32.2. The van der Waals surface area contributed by atoms with Gasteiger partial charge in [-0.15, -0.1) is 11.8 Å². The van der Waals surface area contributed by atoms with Crippen LogP contribution in [0.15, 0.2) is 78.9 Å². The summed E-state index contributed by atoms with van der Waals surface area (Å²) in [5, 5.41) is 2.89. The highest BCUT2D eigenvalue weighted by molar-refractivity contribution is 7.99. The molecule has 0 fully saturated rings. The molecular formula is C28H30F2N2O2S. The Hall–Kier alpha value is -3.19. The lowest BCUT2D eigenvalue weighted by molar-refractivity contribution is -0.139. The number of nitrogens with zero attached hydrogens (tertiary/aromatic N) is 1. The molecule has 0 spiro atoms. The van der Waals surface area contributed by atoms with E-state index in [0.29, 0.717) is 29.8 Å². The van der Waals surface area contributed by atoms with Gasteiger partial charge in [0.2, 0.25) is 11.8 Å². The van der Waals surface area contributed by atoms with E-state index in [1.807, 2.05) is 37.3 Å². The van der Waals surface area contributed by atoms with Crippen LogP contribution in [0.1, 0.15) is 30.0 Å².